The lowest BCUT2D eigenvalue weighted by Crippen LogP contribution is -2.42. The zero-order chi connectivity index (χ0) is 11.7. The molecule has 0 saturated heterocycles. The maximum Gasteiger partial charge on any atom is 0.143 e. The minimum absolute atomic E-state index is 0.201. The van der Waals surface area contributed by atoms with Gasteiger partial charge in [0, 0.05) is 18.0 Å². The molecule has 0 radical (unpaired) electrons. The maximum absolute atomic E-state index is 9.35. The Balaban J connectivity index is 2.45. The Bertz CT molecular complexity index is 383. The Labute approximate surface area is 100 Å². The number of para-hydroxylation sites is 1. The number of aliphatic hydroxyl groups excluding tert-OH is 1. The van der Waals surface area contributed by atoms with Crippen LogP contribution in [-0.4, -0.2) is 37.2 Å². The minimum atomic E-state index is 0.201. The SMILES string of the molecule is COc1cccc2c1N(C)C(C)C(CO)S2. The molecule has 16 heavy (non-hydrogen) atoms. The summed E-state index contributed by atoms with van der Waals surface area (Å²) in [5.41, 5.74) is 1.13. The summed E-state index contributed by atoms with van der Waals surface area (Å²) in [5.74, 6) is 0.899. The van der Waals surface area contributed by atoms with Crippen molar-refractivity contribution in [2.45, 2.75) is 23.1 Å². The van der Waals surface area contributed by atoms with Crippen molar-refractivity contribution in [3.63, 3.8) is 0 Å². The van der Waals surface area contributed by atoms with E-state index in [-0.39, 0.29) is 11.9 Å². The molecule has 0 aliphatic carbocycles. The van der Waals surface area contributed by atoms with Crippen LogP contribution in [0.5, 0.6) is 5.75 Å². The van der Waals surface area contributed by atoms with Gasteiger partial charge >= 0.3 is 0 Å². The third kappa shape index (κ3) is 1.76. The number of nitrogens with zero attached hydrogens (tertiary/aromatic N) is 1. The molecule has 88 valence electrons. The van der Waals surface area contributed by atoms with Gasteiger partial charge in [0.1, 0.15) is 5.75 Å². The first kappa shape index (κ1) is 11.6. The van der Waals surface area contributed by atoms with Gasteiger partial charge in [-0.3, -0.25) is 0 Å². The predicted molar refractivity (Wildman–Crippen MR) is 67.6 cm³/mol. The molecular weight excluding hydrogens is 222 g/mol. The second-order valence-electron chi connectivity index (χ2n) is 4.00. The van der Waals surface area contributed by atoms with Crippen molar-refractivity contribution in [2.75, 3.05) is 25.7 Å². The van der Waals surface area contributed by atoms with Crippen LogP contribution >= 0.6 is 11.8 Å². The molecule has 1 aliphatic rings. The quantitative estimate of drug-likeness (QED) is 0.855. The largest absolute Gasteiger partial charge is 0.495 e. The summed E-state index contributed by atoms with van der Waals surface area (Å²) in [5, 5.41) is 9.58. The molecule has 1 N–H and O–H groups in total. The van der Waals surface area contributed by atoms with Crippen LogP contribution in [0.1, 0.15) is 6.92 Å². The standard InChI is InChI=1S/C12H17NO2S/c1-8-11(7-14)16-10-6-4-5-9(15-3)12(10)13(8)2/h4-6,8,11,14H,7H2,1-3H3. The molecule has 4 heteroatoms. The van der Waals surface area contributed by atoms with Crippen molar-refractivity contribution in [3.05, 3.63) is 18.2 Å². The summed E-state index contributed by atoms with van der Waals surface area (Å²) in [6, 6.07) is 6.34. The molecule has 1 aliphatic heterocycles. The average molecular weight is 239 g/mol. The Morgan fingerprint density at radius 2 is 2.25 bits per heavy atom. The molecule has 0 saturated carbocycles. The first-order valence-electron chi connectivity index (χ1n) is 5.36. The zero-order valence-electron chi connectivity index (χ0n) is 9.80. The summed E-state index contributed by atoms with van der Waals surface area (Å²) in [7, 11) is 3.74. The van der Waals surface area contributed by atoms with E-state index in [1.54, 1.807) is 18.9 Å². The maximum atomic E-state index is 9.35. The van der Waals surface area contributed by atoms with Crippen molar-refractivity contribution < 1.29 is 9.84 Å². The molecule has 1 aromatic carbocycles. The number of ether oxygens (including phenoxy) is 1. The summed E-state index contributed by atoms with van der Waals surface area (Å²) in [6.07, 6.45) is 0. The number of thioether (sulfide) groups is 1. The number of hydrogen-bond acceptors (Lipinski definition) is 4. The van der Waals surface area contributed by atoms with E-state index in [1.807, 2.05) is 12.1 Å². The third-order valence-electron chi connectivity index (χ3n) is 3.14. The van der Waals surface area contributed by atoms with Gasteiger partial charge in [-0.2, -0.15) is 0 Å². The number of benzene rings is 1. The van der Waals surface area contributed by atoms with E-state index in [0.717, 1.165) is 11.4 Å². The van der Waals surface area contributed by atoms with Crippen molar-refractivity contribution in [3.8, 4) is 5.75 Å². The van der Waals surface area contributed by atoms with Crippen LogP contribution in [0, 0.1) is 0 Å². The van der Waals surface area contributed by atoms with Crippen LogP contribution in [0.4, 0.5) is 5.69 Å². The smallest absolute Gasteiger partial charge is 0.143 e. The summed E-state index contributed by atoms with van der Waals surface area (Å²) in [4.78, 5) is 3.37. The van der Waals surface area contributed by atoms with Crippen LogP contribution in [0.15, 0.2) is 23.1 Å². The monoisotopic (exact) mass is 239 g/mol. The van der Waals surface area contributed by atoms with Gasteiger partial charge in [-0.05, 0) is 19.1 Å². The van der Waals surface area contributed by atoms with Gasteiger partial charge in [-0.15, -0.1) is 11.8 Å². The van der Waals surface area contributed by atoms with E-state index >= 15 is 0 Å². The molecule has 1 heterocycles. The molecule has 0 bridgehead atoms. The van der Waals surface area contributed by atoms with Crippen molar-refractivity contribution in [2.24, 2.45) is 0 Å². The van der Waals surface area contributed by atoms with Crippen molar-refractivity contribution in [1.82, 2.24) is 0 Å². The van der Waals surface area contributed by atoms with Gasteiger partial charge in [0.05, 0.1) is 24.7 Å². The Morgan fingerprint density at radius 1 is 1.50 bits per heavy atom. The van der Waals surface area contributed by atoms with Crippen LogP contribution in [0.2, 0.25) is 0 Å². The molecule has 0 aromatic heterocycles. The van der Waals surface area contributed by atoms with E-state index in [1.165, 1.54) is 4.90 Å². The highest BCUT2D eigenvalue weighted by atomic mass is 32.2. The number of fused-ring (bicyclic) bond motifs is 1. The van der Waals surface area contributed by atoms with Gasteiger partial charge in [0.25, 0.3) is 0 Å². The lowest BCUT2D eigenvalue weighted by Gasteiger charge is -2.39. The van der Waals surface area contributed by atoms with Gasteiger partial charge in [-0.1, -0.05) is 6.07 Å². The molecule has 1 aromatic rings. The third-order valence-corrected chi connectivity index (χ3v) is 4.57. The topological polar surface area (TPSA) is 32.7 Å². The molecule has 2 rings (SSSR count). The molecular formula is C12H17NO2S. The lowest BCUT2D eigenvalue weighted by molar-refractivity contribution is 0.282. The molecule has 2 unspecified atom stereocenters. The van der Waals surface area contributed by atoms with E-state index in [2.05, 4.69) is 24.9 Å². The van der Waals surface area contributed by atoms with Crippen molar-refractivity contribution in [1.29, 1.82) is 0 Å². The number of anilines is 1. The second-order valence-corrected chi connectivity index (χ2v) is 5.28. The highest BCUT2D eigenvalue weighted by Crippen LogP contribution is 2.45. The Hall–Kier alpha value is -0.870. The molecule has 0 amide bonds. The molecule has 0 fully saturated rings. The van der Waals surface area contributed by atoms with E-state index in [4.69, 9.17) is 4.74 Å². The molecule has 3 nitrogen and oxygen atoms in total. The van der Waals surface area contributed by atoms with E-state index in [9.17, 15) is 5.11 Å². The number of methoxy groups -OCH3 is 1. The highest BCUT2D eigenvalue weighted by Gasteiger charge is 2.31. The van der Waals surface area contributed by atoms with E-state index < -0.39 is 0 Å². The molecule has 2 atom stereocenters. The van der Waals surface area contributed by atoms with Gasteiger partial charge < -0.3 is 14.7 Å². The number of hydrogen-bond donors (Lipinski definition) is 1. The first-order chi connectivity index (χ1) is 7.69. The first-order valence-corrected chi connectivity index (χ1v) is 6.24. The predicted octanol–water partition coefficient (Wildman–Crippen LogP) is 1.99. The van der Waals surface area contributed by atoms with Crippen LogP contribution < -0.4 is 9.64 Å². The average Bonchev–Trinajstić information content (AvgIpc) is 2.32. The zero-order valence-corrected chi connectivity index (χ0v) is 10.6. The fourth-order valence-corrected chi connectivity index (χ4v) is 3.31. The Morgan fingerprint density at radius 3 is 2.88 bits per heavy atom. The number of rotatable bonds is 2. The normalized spacial score (nSPS) is 24.1. The summed E-state index contributed by atoms with van der Waals surface area (Å²) in [6.45, 7) is 2.33. The van der Waals surface area contributed by atoms with Crippen LogP contribution in [0.25, 0.3) is 0 Å². The van der Waals surface area contributed by atoms with Gasteiger partial charge in [-0.25, -0.2) is 0 Å². The van der Waals surface area contributed by atoms with Crippen molar-refractivity contribution >= 4 is 17.4 Å². The minimum Gasteiger partial charge on any atom is -0.495 e. The summed E-state index contributed by atoms with van der Waals surface area (Å²) >= 11 is 1.73. The fourth-order valence-electron chi connectivity index (χ4n) is 2.01. The second kappa shape index (κ2) is 4.55. The van der Waals surface area contributed by atoms with Gasteiger partial charge in [0.15, 0.2) is 0 Å². The highest BCUT2D eigenvalue weighted by molar-refractivity contribution is 8.00. The van der Waals surface area contributed by atoms with E-state index in [0.29, 0.717) is 6.04 Å². The summed E-state index contributed by atoms with van der Waals surface area (Å²) < 4.78 is 5.38. The van der Waals surface area contributed by atoms with Crippen LogP contribution in [0.3, 0.4) is 0 Å². The van der Waals surface area contributed by atoms with Gasteiger partial charge in [0.2, 0.25) is 0 Å². The van der Waals surface area contributed by atoms with Crippen LogP contribution in [-0.2, 0) is 0 Å². The Kier molecular flexibility index (Phi) is 3.30. The number of aliphatic hydroxyl groups is 1. The fraction of sp³-hybridized carbons (Fsp3) is 0.500. The molecule has 0 spiro atoms. The lowest BCUT2D eigenvalue weighted by atomic mass is 10.1.